The Hall–Kier alpha value is 0.390. The molecule has 0 bridgehead atoms. The van der Waals surface area contributed by atoms with Gasteiger partial charge in [0.1, 0.15) is 0 Å². The molecule has 1 fully saturated rings. The Kier molecular flexibility index (Phi) is 29.4. The number of aliphatic hydroxyl groups is 1. The number of hydrogen-bond acceptors (Lipinski definition) is 1. The van der Waals surface area contributed by atoms with Crippen LogP contribution in [0.4, 0.5) is 0 Å². The minimum atomic E-state index is 0. The summed E-state index contributed by atoms with van der Waals surface area (Å²) in [6.07, 6.45) is 14.1. The fourth-order valence-corrected chi connectivity index (χ4v) is 1.58. The number of rotatable bonds is 4. The second-order valence-electron chi connectivity index (χ2n) is 5.00. The number of hydrogen-bond donors (Lipinski definition) is 1. The monoisotopic (exact) mass is 278 g/mol. The van der Waals surface area contributed by atoms with Crippen LogP contribution >= 0.6 is 9.90 Å². The van der Waals surface area contributed by atoms with Crippen molar-refractivity contribution in [1.29, 1.82) is 0 Å². The van der Waals surface area contributed by atoms with Gasteiger partial charge in [-0.05, 0) is 12.8 Å². The first kappa shape index (κ1) is 23.5. The fourth-order valence-electron chi connectivity index (χ4n) is 1.58. The topological polar surface area (TPSA) is 20.2 Å². The maximum absolute atomic E-state index is 8.91. The highest BCUT2D eigenvalue weighted by molar-refractivity contribution is 6.92. The number of unbranched alkanes of at least 4 members (excludes halogenated alkanes) is 4. The van der Waals surface area contributed by atoms with Gasteiger partial charge in [0.2, 0.25) is 0 Å². The molecule has 1 unspecified atom stereocenters. The first-order chi connectivity index (χ1) is 8.22. The maximum atomic E-state index is 8.91. The van der Waals surface area contributed by atoms with E-state index in [-0.39, 0.29) is 16.0 Å². The minimum Gasteiger partial charge on any atom is -0.393 e. The van der Waals surface area contributed by atoms with Crippen LogP contribution < -0.4 is 0 Å². The van der Waals surface area contributed by atoms with Crippen LogP contribution in [0.1, 0.15) is 98.3 Å². The summed E-state index contributed by atoms with van der Waals surface area (Å²) in [5, 5.41) is 8.91. The van der Waals surface area contributed by atoms with E-state index in [1.807, 2.05) is 0 Å². The molecule has 0 spiro atoms. The molecule has 0 aromatic carbocycles. The van der Waals surface area contributed by atoms with Crippen molar-refractivity contribution in [1.82, 2.24) is 0 Å². The van der Waals surface area contributed by atoms with Gasteiger partial charge in [0, 0.05) is 0 Å². The zero-order valence-corrected chi connectivity index (χ0v) is 14.9. The quantitative estimate of drug-likeness (QED) is 0.512. The van der Waals surface area contributed by atoms with E-state index in [0.717, 1.165) is 12.8 Å². The van der Waals surface area contributed by atoms with E-state index < -0.39 is 0 Å². The van der Waals surface area contributed by atoms with Crippen molar-refractivity contribution < 1.29 is 5.11 Å². The summed E-state index contributed by atoms with van der Waals surface area (Å²) in [4.78, 5) is 0. The van der Waals surface area contributed by atoms with Crippen molar-refractivity contribution in [3.05, 3.63) is 0 Å². The highest BCUT2D eigenvalue weighted by atomic mass is 31.0. The van der Waals surface area contributed by atoms with Crippen LogP contribution in [0.5, 0.6) is 0 Å². The van der Waals surface area contributed by atoms with Gasteiger partial charge in [-0.25, -0.2) is 0 Å². The molecule has 0 aliphatic heterocycles. The van der Waals surface area contributed by atoms with E-state index >= 15 is 0 Å². The first-order valence-electron chi connectivity index (χ1n) is 7.90. The Balaban J connectivity index is -0.000000190. The highest BCUT2D eigenvalue weighted by Crippen LogP contribution is 2.16. The van der Waals surface area contributed by atoms with Crippen LogP contribution in [-0.2, 0) is 0 Å². The molecule has 0 heterocycles. The molecule has 1 rings (SSSR count). The van der Waals surface area contributed by atoms with Crippen LogP contribution in [0.2, 0.25) is 0 Å². The van der Waals surface area contributed by atoms with Gasteiger partial charge in [-0.15, -0.1) is 0 Å². The SMILES string of the molecule is CCCC.CCCCCC.OC1CCCCC1.P. The Morgan fingerprint density at radius 2 is 1.11 bits per heavy atom. The second-order valence-corrected chi connectivity index (χ2v) is 5.00. The van der Waals surface area contributed by atoms with E-state index in [9.17, 15) is 0 Å². The lowest BCUT2D eigenvalue weighted by molar-refractivity contribution is 0.130. The van der Waals surface area contributed by atoms with Gasteiger partial charge in [0.05, 0.1) is 6.10 Å². The van der Waals surface area contributed by atoms with Crippen LogP contribution in [0.15, 0.2) is 0 Å². The largest absolute Gasteiger partial charge is 0.393 e. The summed E-state index contributed by atoms with van der Waals surface area (Å²) in [5.41, 5.74) is 0. The average molecular weight is 278 g/mol. The third-order valence-electron chi connectivity index (χ3n) is 3.03. The average Bonchev–Trinajstić information content (AvgIpc) is 2.38. The van der Waals surface area contributed by atoms with Crippen molar-refractivity contribution in [2.75, 3.05) is 0 Å². The highest BCUT2D eigenvalue weighted by Gasteiger charge is 2.07. The van der Waals surface area contributed by atoms with E-state index in [1.54, 1.807) is 0 Å². The van der Waals surface area contributed by atoms with Crippen molar-refractivity contribution >= 4 is 9.90 Å². The molecule has 114 valence electrons. The van der Waals surface area contributed by atoms with Crippen molar-refractivity contribution in [2.24, 2.45) is 0 Å². The van der Waals surface area contributed by atoms with Gasteiger partial charge in [-0.1, -0.05) is 85.5 Å². The molecule has 0 aromatic rings. The van der Waals surface area contributed by atoms with Crippen molar-refractivity contribution in [3.63, 3.8) is 0 Å². The van der Waals surface area contributed by atoms with Crippen molar-refractivity contribution in [2.45, 2.75) is 104 Å². The summed E-state index contributed by atoms with van der Waals surface area (Å²) in [7, 11) is 0. The molecule has 1 aliphatic carbocycles. The number of aliphatic hydroxyl groups excluding tert-OH is 1. The zero-order valence-electron chi connectivity index (χ0n) is 13.5. The Morgan fingerprint density at radius 1 is 0.722 bits per heavy atom. The molecular weight excluding hydrogens is 239 g/mol. The zero-order chi connectivity index (χ0) is 13.4. The van der Waals surface area contributed by atoms with Crippen molar-refractivity contribution in [3.8, 4) is 0 Å². The molecule has 1 aliphatic rings. The molecule has 1 atom stereocenters. The van der Waals surface area contributed by atoms with Gasteiger partial charge in [0.15, 0.2) is 0 Å². The van der Waals surface area contributed by atoms with Crippen LogP contribution in [0.3, 0.4) is 0 Å². The lowest BCUT2D eigenvalue weighted by Gasteiger charge is -2.14. The van der Waals surface area contributed by atoms with Crippen LogP contribution in [0, 0.1) is 0 Å². The van der Waals surface area contributed by atoms with Crippen LogP contribution in [0.25, 0.3) is 0 Å². The lowest BCUT2D eigenvalue weighted by atomic mass is 9.98. The summed E-state index contributed by atoms with van der Waals surface area (Å²) in [6, 6.07) is 0. The van der Waals surface area contributed by atoms with E-state index in [1.165, 1.54) is 57.8 Å². The summed E-state index contributed by atoms with van der Waals surface area (Å²) < 4.78 is 0. The first-order valence-corrected chi connectivity index (χ1v) is 7.90. The third-order valence-corrected chi connectivity index (χ3v) is 3.03. The molecule has 0 saturated heterocycles. The van der Waals surface area contributed by atoms with Gasteiger partial charge in [-0.2, -0.15) is 9.90 Å². The molecular formula is C16H39OP. The molecule has 0 amide bonds. The Morgan fingerprint density at radius 3 is 1.28 bits per heavy atom. The summed E-state index contributed by atoms with van der Waals surface area (Å²) in [6.45, 7) is 8.82. The Bertz CT molecular complexity index is 106. The molecule has 1 saturated carbocycles. The van der Waals surface area contributed by atoms with Gasteiger partial charge >= 0.3 is 0 Å². The smallest absolute Gasteiger partial charge is 0.0540 e. The molecule has 2 heteroatoms. The lowest BCUT2D eigenvalue weighted by Crippen LogP contribution is -2.09. The van der Waals surface area contributed by atoms with Gasteiger partial charge in [-0.3, -0.25) is 0 Å². The Labute approximate surface area is 120 Å². The molecule has 1 nitrogen and oxygen atoms in total. The summed E-state index contributed by atoms with van der Waals surface area (Å²) >= 11 is 0. The van der Waals surface area contributed by atoms with Crippen LogP contribution in [-0.4, -0.2) is 11.2 Å². The molecule has 1 N–H and O–H groups in total. The molecule has 0 radical (unpaired) electrons. The normalized spacial score (nSPS) is 14.5. The van der Waals surface area contributed by atoms with Gasteiger partial charge < -0.3 is 5.11 Å². The van der Waals surface area contributed by atoms with Gasteiger partial charge in [0.25, 0.3) is 0 Å². The summed E-state index contributed by atoms with van der Waals surface area (Å²) in [5.74, 6) is 0. The van der Waals surface area contributed by atoms with E-state index in [2.05, 4.69) is 27.7 Å². The predicted molar refractivity (Wildman–Crippen MR) is 90.6 cm³/mol. The minimum absolute atomic E-state index is 0. The maximum Gasteiger partial charge on any atom is 0.0540 e. The van der Waals surface area contributed by atoms with E-state index in [4.69, 9.17) is 5.11 Å². The van der Waals surface area contributed by atoms with E-state index in [0.29, 0.717) is 0 Å². The second kappa shape index (κ2) is 22.6. The fraction of sp³-hybridized carbons (Fsp3) is 1.00. The standard InChI is InChI=1S/C6H12O.C6H14.C4H10.H3P/c7-6-4-2-1-3-5-6;1-3-5-6-4-2;1-3-4-2;/h6-7H,1-5H2;3-6H2,1-2H3;3-4H2,1-2H3;1H3. The molecule has 0 aromatic heterocycles. The third kappa shape index (κ3) is 25.3. The predicted octanol–water partition coefficient (Wildman–Crippen LogP) is 5.76. The molecule has 18 heavy (non-hydrogen) atoms.